The van der Waals surface area contributed by atoms with E-state index in [2.05, 4.69) is 0 Å². The maximum atomic E-state index is 12.6. The lowest BCUT2D eigenvalue weighted by Crippen LogP contribution is -2.38. The van der Waals surface area contributed by atoms with Crippen LogP contribution in [0.5, 0.6) is 5.75 Å². The highest BCUT2D eigenvalue weighted by molar-refractivity contribution is 7.98. The molecule has 0 heterocycles. The second kappa shape index (κ2) is 7.19. The summed E-state index contributed by atoms with van der Waals surface area (Å²) in [5, 5.41) is 0. The van der Waals surface area contributed by atoms with E-state index >= 15 is 0 Å². The Kier molecular flexibility index (Phi) is 6.16. The molecule has 7 heteroatoms. The first-order valence-electron chi connectivity index (χ1n) is 6.29. The van der Waals surface area contributed by atoms with Gasteiger partial charge in [0.15, 0.2) is 0 Å². The van der Waals surface area contributed by atoms with Crippen LogP contribution in [-0.2, 0) is 10.0 Å². The topological polar surface area (TPSA) is 72.6 Å². The Hall–Kier alpha value is -0.920. The van der Waals surface area contributed by atoms with Gasteiger partial charge in [-0.1, -0.05) is 6.92 Å². The molecule has 0 bridgehead atoms. The molecule has 1 rings (SSSR count). The summed E-state index contributed by atoms with van der Waals surface area (Å²) in [6.45, 7) is 1.98. The standard InChI is InChI=1S/C13H22N2O3S2/c1-5-10(9-19-4)15(2)20(16,17)11-6-7-13(18-3)12(14)8-11/h6-8,10H,5,9,14H2,1-4H3. The number of nitrogen functional groups attached to an aromatic ring is 1. The third-order valence-electron chi connectivity index (χ3n) is 3.22. The van der Waals surface area contributed by atoms with Crippen molar-refractivity contribution >= 4 is 27.5 Å². The fraction of sp³-hybridized carbons (Fsp3) is 0.538. The molecule has 0 aliphatic heterocycles. The van der Waals surface area contributed by atoms with Crippen LogP contribution in [0.4, 0.5) is 5.69 Å². The van der Waals surface area contributed by atoms with Crippen molar-refractivity contribution < 1.29 is 13.2 Å². The van der Waals surface area contributed by atoms with Gasteiger partial charge in [-0.05, 0) is 30.9 Å². The van der Waals surface area contributed by atoms with E-state index in [4.69, 9.17) is 10.5 Å². The highest BCUT2D eigenvalue weighted by Crippen LogP contribution is 2.27. The summed E-state index contributed by atoms with van der Waals surface area (Å²) < 4.78 is 31.6. The van der Waals surface area contributed by atoms with Crippen LogP contribution in [0.2, 0.25) is 0 Å². The zero-order valence-corrected chi connectivity index (χ0v) is 13.9. The fourth-order valence-corrected chi connectivity index (χ4v) is 4.31. The highest BCUT2D eigenvalue weighted by Gasteiger charge is 2.27. The third-order valence-corrected chi connectivity index (χ3v) is 5.85. The smallest absolute Gasteiger partial charge is 0.243 e. The maximum Gasteiger partial charge on any atom is 0.243 e. The summed E-state index contributed by atoms with van der Waals surface area (Å²) >= 11 is 1.63. The Morgan fingerprint density at radius 3 is 2.55 bits per heavy atom. The quantitative estimate of drug-likeness (QED) is 0.779. The van der Waals surface area contributed by atoms with Crippen LogP contribution < -0.4 is 10.5 Å². The van der Waals surface area contributed by atoms with Crippen molar-refractivity contribution in [2.45, 2.75) is 24.3 Å². The Morgan fingerprint density at radius 2 is 2.10 bits per heavy atom. The number of hydrogen-bond donors (Lipinski definition) is 1. The summed E-state index contributed by atoms with van der Waals surface area (Å²) in [4.78, 5) is 0.192. The van der Waals surface area contributed by atoms with Gasteiger partial charge >= 0.3 is 0 Å². The summed E-state index contributed by atoms with van der Waals surface area (Å²) in [6.07, 6.45) is 2.73. The van der Waals surface area contributed by atoms with E-state index in [1.165, 1.54) is 23.5 Å². The number of thioether (sulfide) groups is 1. The summed E-state index contributed by atoms with van der Waals surface area (Å²) in [5.41, 5.74) is 6.10. The molecular weight excluding hydrogens is 296 g/mol. The number of hydrogen-bond acceptors (Lipinski definition) is 5. The van der Waals surface area contributed by atoms with Crippen molar-refractivity contribution in [3.05, 3.63) is 18.2 Å². The molecule has 0 saturated carbocycles. The summed E-state index contributed by atoms with van der Waals surface area (Å²) in [6, 6.07) is 4.51. The molecule has 1 aromatic carbocycles. The van der Waals surface area contributed by atoms with Gasteiger partial charge in [0, 0.05) is 18.8 Å². The van der Waals surface area contributed by atoms with Gasteiger partial charge in [0.2, 0.25) is 10.0 Å². The number of nitrogens with zero attached hydrogens (tertiary/aromatic N) is 1. The molecule has 0 spiro atoms. The minimum Gasteiger partial charge on any atom is -0.495 e. The fourth-order valence-electron chi connectivity index (χ4n) is 1.91. The molecule has 1 atom stereocenters. The summed E-state index contributed by atoms with van der Waals surface area (Å²) in [7, 11) is -0.427. The van der Waals surface area contributed by atoms with Gasteiger partial charge in [0.25, 0.3) is 0 Å². The van der Waals surface area contributed by atoms with Crippen molar-refractivity contribution in [1.29, 1.82) is 0 Å². The molecule has 5 nitrogen and oxygen atoms in total. The number of benzene rings is 1. The van der Waals surface area contributed by atoms with E-state index < -0.39 is 10.0 Å². The van der Waals surface area contributed by atoms with E-state index in [0.29, 0.717) is 11.4 Å². The molecule has 2 N–H and O–H groups in total. The molecule has 0 aromatic heterocycles. The normalized spacial score (nSPS) is 13.4. The van der Waals surface area contributed by atoms with E-state index in [1.54, 1.807) is 24.9 Å². The van der Waals surface area contributed by atoms with Gasteiger partial charge in [0.05, 0.1) is 17.7 Å². The van der Waals surface area contributed by atoms with E-state index in [1.807, 2.05) is 13.2 Å². The average Bonchev–Trinajstić information content (AvgIpc) is 2.43. The van der Waals surface area contributed by atoms with Gasteiger partial charge < -0.3 is 10.5 Å². The highest BCUT2D eigenvalue weighted by atomic mass is 32.2. The predicted molar refractivity (Wildman–Crippen MR) is 84.8 cm³/mol. The number of methoxy groups -OCH3 is 1. The first-order chi connectivity index (χ1) is 9.38. The lowest BCUT2D eigenvalue weighted by Gasteiger charge is -2.26. The molecule has 1 unspecified atom stereocenters. The molecule has 0 amide bonds. The van der Waals surface area contributed by atoms with Crippen LogP contribution in [0, 0.1) is 0 Å². The monoisotopic (exact) mass is 318 g/mol. The molecule has 0 aliphatic rings. The maximum absolute atomic E-state index is 12.6. The second-order valence-corrected chi connectivity index (χ2v) is 7.35. The molecule has 0 aliphatic carbocycles. The number of anilines is 1. The van der Waals surface area contributed by atoms with Gasteiger partial charge in [0.1, 0.15) is 5.75 Å². The molecular formula is C13H22N2O3S2. The summed E-state index contributed by atoms with van der Waals surface area (Å²) in [5.74, 6) is 1.24. The van der Waals surface area contributed by atoms with Gasteiger partial charge in [-0.3, -0.25) is 0 Å². The van der Waals surface area contributed by atoms with Crippen molar-refractivity contribution in [2.24, 2.45) is 0 Å². The zero-order valence-electron chi connectivity index (χ0n) is 12.3. The minimum absolute atomic E-state index is 0.0293. The molecule has 0 radical (unpaired) electrons. The van der Waals surface area contributed by atoms with Crippen LogP contribution in [0.15, 0.2) is 23.1 Å². The first kappa shape index (κ1) is 17.1. The van der Waals surface area contributed by atoms with E-state index in [0.717, 1.165) is 12.2 Å². The average molecular weight is 318 g/mol. The van der Waals surface area contributed by atoms with Gasteiger partial charge in [-0.15, -0.1) is 0 Å². The predicted octanol–water partition coefficient (Wildman–Crippen LogP) is 2.04. The van der Waals surface area contributed by atoms with Gasteiger partial charge in [-0.2, -0.15) is 16.1 Å². The first-order valence-corrected chi connectivity index (χ1v) is 9.12. The van der Waals surface area contributed by atoms with Gasteiger partial charge in [-0.25, -0.2) is 8.42 Å². The van der Waals surface area contributed by atoms with Crippen LogP contribution in [0.1, 0.15) is 13.3 Å². The number of nitrogens with two attached hydrogens (primary N) is 1. The van der Waals surface area contributed by atoms with Crippen LogP contribution in [0.3, 0.4) is 0 Å². The second-order valence-electron chi connectivity index (χ2n) is 4.44. The van der Waals surface area contributed by atoms with Crippen molar-refractivity contribution in [3.63, 3.8) is 0 Å². The van der Waals surface area contributed by atoms with Crippen LogP contribution >= 0.6 is 11.8 Å². The third kappa shape index (κ3) is 3.59. The Balaban J connectivity index is 3.12. The lowest BCUT2D eigenvalue weighted by atomic mass is 10.3. The lowest BCUT2D eigenvalue weighted by molar-refractivity contribution is 0.385. The SMILES string of the molecule is CCC(CSC)N(C)S(=O)(=O)c1ccc(OC)c(N)c1. The van der Waals surface area contributed by atoms with E-state index in [-0.39, 0.29) is 10.9 Å². The van der Waals surface area contributed by atoms with Crippen LogP contribution in [-0.4, -0.2) is 44.9 Å². The molecule has 0 fully saturated rings. The number of sulfonamides is 1. The Labute approximate surface area is 125 Å². The zero-order chi connectivity index (χ0) is 15.3. The van der Waals surface area contributed by atoms with Crippen molar-refractivity contribution in [1.82, 2.24) is 4.31 Å². The van der Waals surface area contributed by atoms with Crippen molar-refractivity contribution in [3.8, 4) is 5.75 Å². The minimum atomic E-state index is -3.54. The Bertz CT molecular complexity index is 547. The molecule has 114 valence electrons. The molecule has 0 saturated heterocycles. The largest absolute Gasteiger partial charge is 0.495 e. The van der Waals surface area contributed by atoms with Crippen molar-refractivity contribution in [2.75, 3.05) is 31.9 Å². The molecule has 20 heavy (non-hydrogen) atoms. The van der Waals surface area contributed by atoms with Crippen LogP contribution in [0.25, 0.3) is 0 Å². The Morgan fingerprint density at radius 1 is 1.45 bits per heavy atom. The number of ether oxygens (including phenoxy) is 1. The number of rotatable bonds is 7. The molecule has 1 aromatic rings. The van der Waals surface area contributed by atoms with E-state index in [9.17, 15) is 8.42 Å².